The summed E-state index contributed by atoms with van der Waals surface area (Å²) in [6.45, 7) is 1.97. The number of ketones is 1. The first-order valence-electron chi connectivity index (χ1n) is 8.54. The number of hydrogen-bond donors (Lipinski definition) is 1. The smallest absolute Gasteiger partial charge is 0.249 e. The molecule has 5 heteroatoms. The summed E-state index contributed by atoms with van der Waals surface area (Å²) in [5.41, 5.74) is 3.52. The highest BCUT2D eigenvalue weighted by atomic mass is 16.1. The van der Waals surface area contributed by atoms with E-state index in [0.29, 0.717) is 17.8 Å². The standard InChI is InChI=1S/C22H19N3O2/c1-16-4-2-7-19(12-16)20(26)14-18-6-3-5-17(13-18)8-9-22(27)25-21-10-11-23-15-24-21/h2-13,15H,14H2,1H3,(H,23,24,25,27)/b9-8+. The van der Waals surface area contributed by atoms with Crippen LogP contribution in [0, 0.1) is 6.92 Å². The minimum absolute atomic E-state index is 0.0707. The van der Waals surface area contributed by atoms with Crippen LogP contribution in [0.5, 0.6) is 0 Å². The maximum Gasteiger partial charge on any atom is 0.249 e. The minimum atomic E-state index is -0.282. The van der Waals surface area contributed by atoms with Gasteiger partial charge in [-0.25, -0.2) is 9.97 Å². The average molecular weight is 357 g/mol. The second kappa shape index (κ2) is 8.67. The van der Waals surface area contributed by atoms with E-state index in [-0.39, 0.29) is 11.7 Å². The number of anilines is 1. The molecule has 134 valence electrons. The maximum atomic E-state index is 12.5. The lowest BCUT2D eigenvalue weighted by Gasteiger charge is -2.04. The van der Waals surface area contributed by atoms with Gasteiger partial charge in [-0.15, -0.1) is 0 Å². The van der Waals surface area contributed by atoms with Gasteiger partial charge in [0.15, 0.2) is 5.78 Å². The molecule has 0 aliphatic heterocycles. The van der Waals surface area contributed by atoms with E-state index in [2.05, 4.69) is 15.3 Å². The van der Waals surface area contributed by atoms with Crippen molar-refractivity contribution in [3.63, 3.8) is 0 Å². The number of carbonyl (C=O) groups excluding carboxylic acids is 2. The number of nitrogens with one attached hydrogen (secondary N) is 1. The average Bonchev–Trinajstić information content (AvgIpc) is 2.67. The fourth-order valence-electron chi connectivity index (χ4n) is 2.62. The highest BCUT2D eigenvalue weighted by Crippen LogP contribution is 2.12. The quantitative estimate of drug-likeness (QED) is 0.537. The molecule has 2 aromatic carbocycles. The third-order valence-electron chi connectivity index (χ3n) is 3.92. The summed E-state index contributed by atoms with van der Waals surface area (Å²) in [5.74, 6) is 0.230. The summed E-state index contributed by atoms with van der Waals surface area (Å²) in [4.78, 5) is 32.1. The summed E-state index contributed by atoms with van der Waals surface area (Å²) in [6.07, 6.45) is 6.38. The van der Waals surface area contributed by atoms with Gasteiger partial charge in [-0.2, -0.15) is 0 Å². The predicted molar refractivity (Wildman–Crippen MR) is 105 cm³/mol. The normalized spacial score (nSPS) is 10.7. The van der Waals surface area contributed by atoms with Gasteiger partial charge >= 0.3 is 0 Å². The number of Topliss-reactive ketones (excluding diaryl/α,β-unsaturated/α-hetero) is 1. The number of carbonyl (C=O) groups is 2. The molecule has 1 N–H and O–H groups in total. The Morgan fingerprint density at radius 1 is 1.07 bits per heavy atom. The Hall–Kier alpha value is -3.60. The van der Waals surface area contributed by atoms with E-state index < -0.39 is 0 Å². The molecule has 27 heavy (non-hydrogen) atoms. The Kier molecular flexibility index (Phi) is 5.84. The van der Waals surface area contributed by atoms with Crippen molar-refractivity contribution in [3.8, 4) is 0 Å². The molecule has 0 atom stereocenters. The molecule has 0 aliphatic carbocycles. The van der Waals surface area contributed by atoms with E-state index >= 15 is 0 Å². The van der Waals surface area contributed by atoms with Gasteiger partial charge in [-0.3, -0.25) is 9.59 Å². The third kappa shape index (κ3) is 5.44. The number of hydrogen-bond acceptors (Lipinski definition) is 4. The van der Waals surface area contributed by atoms with Crippen molar-refractivity contribution in [3.05, 3.63) is 95.5 Å². The van der Waals surface area contributed by atoms with Crippen molar-refractivity contribution in [2.24, 2.45) is 0 Å². The Balaban J connectivity index is 1.64. The van der Waals surface area contributed by atoms with E-state index in [1.807, 2.05) is 55.5 Å². The molecule has 1 aromatic heterocycles. The lowest BCUT2D eigenvalue weighted by molar-refractivity contribution is -0.111. The molecule has 0 fully saturated rings. The molecule has 0 spiro atoms. The number of nitrogens with zero attached hydrogens (tertiary/aromatic N) is 2. The van der Waals surface area contributed by atoms with E-state index in [4.69, 9.17) is 0 Å². The van der Waals surface area contributed by atoms with Gasteiger partial charge in [0.25, 0.3) is 0 Å². The zero-order valence-corrected chi connectivity index (χ0v) is 14.9. The van der Waals surface area contributed by atoms with Crippen molar-refractivity contribution < 1.29 is 9.59 Å². The first-order chi connectivity index (χ1) is 13.1. The number of aryl methyl sites for hydroxylation is 1. The van der Waals surface area contributed by atoms with Gasteiger partial charge in [0, 0.05) is 24.3 Å². The van der Waals surface area contributed by atoms with Crippen LogP contribution in [0.2, 0.25) is 0 Å². The summed E-state index contributed by atoms with van der Waals surface area (Å²) in [6, 6.07) is 16.8. The van der Waals surface area contributed by atoms with Crippen LogP contribution in [0.3, 0.4) is 0 Å². The van der Waals surface area contributed by atoms with Crippen LogP contribution in [0.25, 0.3) is 6.08 Å². The lowest BCUT2D eigenvalue weighted by Crippen LogP contribution is -2.09. The fourth-order valence-corrected chi connectivity index (χ4v) is 2.62. The van der Waals surface area contributed by atoms with Crippen molar-refractivity contribution in [2.75, 3.05) is 5.32 Å². The molecule has 0 bridgehead atoms. The summed E-state index contributed by atoms with van der Waals surface area (Å²) < 4.78 is 0. The molecule has 1 heterocycles. The second-order valence-electron chi connectivity index (χ2n) is 6.13. The first-order valence-corrected chi connectivity index (χ1v) is 8.54. The van der Waals surface area contributed by atoms with E-state index in [0.717, 1.165) is 16.7 Å². The number of benzene rings is 2. The molecule has 3 aromatic rings. The first kappa shape index (κ1) is 18.2. The van der Waals surface area contributed by atoms with Gasteiger partial charge in [0.05, 0.1) is 0 Å². The topological polar surface area (TPSA) is 72.0 Å². The Morgan fingerprint density at radius 3 is 2.70 bits per heavy atom. The Labute approximate surface area is 157 Å². The van der Waals surface area contributed by atoms with Crippen LogP contribution in [0.15, 0.2) is 73.2 Å². The summed E-state index contributed by atoms with van der Waals surface area (Å²) in [5, 5.41) is 2.65. The molecule has 0 aliphatic rings. The largest absolute Gasteiger partial charge is 0.307 e. The number of rotatable bonds is 6. The minimum Gasteiger partial charge on any atom is -0.307 e. The Morgan fingerprint density at radius 2 is 1.93 bits per heavy atom. The van der Waals surface area contributed by atoms with Crippen molar-refractivity contribution in [2.45, 2.75) is 13.3 Å². The summed E-state index contributed by atoms with van der Waals surface area (Å²) >= 11 is 0. The molecule has 1 amide bonds. The molecule has 0 radical (unpaired) electrons. The van der Waals surface area contributed by atoms with Crippen LogP contribution in [0.1, 0.15) is 27.0 Å². The SMILES string of the molecule is Cc1cccc(C(=O)Cc2cccc(/C=C/C(=O)Nc3ccncn3)c2)c1. The van der Waals surface area contributed by atoms with Crippen molar-refractivity contribution in [1.82, 2.24) is 9.97 Å². The molecule has 3 rings (SSSR count). The highest BCUT2D eigenvalue weighted by molar-refractivity contribution is 6.01. The molecule has 0 saturated carbocycles. The monoisotopic (exact) mass is 357 g/mol. The van der Waals surface area contributed by atoms with Gasteiger partial charge in [-0.1, -0.05) is 48.0 Å². The van der Waals surface area contributed by atoms with Crippen LogP contribution in [-0.2, 0) is 11.2 Å². The number of amides is 1. The number of aromatic nitrogens is 2. The molecule has 0 unspecified atom stereocenters. The van der Waals surface area contributed by atoms with Gasteiger partial charge in [0.2, 0.25) is 5.91 Å². The summed E-state index contributed by atoms with van der Waals surface area (Å²) in [7, 11) is 0. The Bertz CT molecular complexity index is 982. The van der Waals surface area contributed by atoms with Crippen LogP contribution < -0.4 is 5.32 Å². The van der Waals surface area contributed by atoms with Gasteiger partial charge in [-0.05, 0) is 36.3 Å². The van der Waals surface area contributed by atoms with Crippen LogP contribution >= 0.6 is 0 Å². The van der Waals surface area contributed by atoms with Gasteiger partial charge < -0.3 is 5.32 Å². The van der Waals surface area contributed by atoms with Crippen LogP contribution in [0.4, 0.5) is 5.82 Å². The highest BCUT2D eigenvalue weighted by Gasteiger charge is 2.07. The second-order valence-corrected chi connectivity index (χ2v) is 6.13. The zero-order valence-electron chi connectivity index (χ0n) is 14.9. The van der Waals surface area contributed by atoms with E-state index in [1.54, 1.807) is 18.3 Å². The molecular weight excluding hydrogens is 338 g/mol. The van der Waals surface area contributed by atoms with E-state index in [1.165, 1.54) is 12.4 Å². The van der Waals surface area contributed by atoms with E-state index in [9.17, 15) is 9.59 Å². The molecule has 5 nitrogen and oxygen atoms in total. The molecule has 0 saturated heterocycles. The van der Waals surface area contributed by atoms with Crippen molar-refractivity contribution in [1.29, 1.82) is 0 Å². The fraction of sp³-hybridized carbons (Fsp3) is 0.0909. The molecular formula is C22H19N3O2. The van der Waals surface area contributed by atoms with Gasteiger partial charge in [0.1, 0.15) is 12.1 Å². The lowest BCUT2D eigenvalue weighted by atomic mass is 10.00. The van der Waals surface area contributed by atoms with Crippen LogP contribution in [-0.4, -0.2) is 21.7 Å². The maximum absolute atomic E-state index is 12.5. The van der Waals surface area contributed by atoms with Crippen molar-refractivity contribution >= 4 is 23.6 Å². The third-order valence-corrected chi connectivity index (χ3v) is 3.92. The predicted octanol–water partition coefficient (Wildman–Crippen LogP) is 3.86. The zero-order chi connectivity index (χ0) is 19.1.